The standard InChI is InChI=1S/C26H38N2OS/c1-6-8-16-26(17-9-7-2)19-30-24-15-12-21(28(3)4)18-23(24)25(27-26)20-10-13-22(29-5)14-11-20/h10-15,18,25,27H,6-9,16-17,19H2,1-5H3. The van der Waals surface area contributed by atoms with Crippen molar-refractivity contribution in [3.63, 3.8) is 0 Å². The number of anilines is 1. The van der Waals surface area contributed by atoms with Gasteiger partial charge in [-0.1, -0.05) is 51.7 Å². The Kier molecular flexibility index (Phi) is 8.13. The van der Waals surface area contributed by atoms with Crippen molar-refractivity contribution in [1.29, 1.82) is 0 Å². The van der Waals surface area contributed by atoms with Gasteiger partial charge in [0.15, 0.2) is 0 Å². The molecule has 2 aromatic carbocycles. The number of benzene rings is 2. The van der Waals surface area contributed by atoms with Crippen LogP contribution in [0, 0.1) is 0 Å². The fourth-order valence-corrected chi connectivity index (χ4v) is 5.63. The molecule has 0 aliphatic carbocycles. The van der Waals surface area contributed by atoms with Gasteiger partial charge in [-0.2, -0.15) is 0 Å². The normalized spacial score (nSPS) is 17.8. The van der Waals surface area contributed by atoms with E-state index in [4.69, 9.17) is 4.74 Å². The predicted octanol–water partition coefficient (Wildman–Crippen LogP) is 6.67. The third-order valence-corrected chi connectivity index (χ3v) is 7.62. The van der Waals surface area contributed by atoms with E-state index in [9.17, 15) is 0 Å². The molecular formula is C26H38N2OS. The van der Waals surface area contributed by atoms with Crippen molar-refractivity contribution in [2.45, 2.75) is 68.8 Å². The van der Waals surface area contributed by atoms with Crippen LogP contribution < -0.4 is 15.0 Å². The Morgan fingerprint density at radius 3 is 2.27 bits per heavy atom. The van der Waals surface area contributed by atoms with Gasteiger partial charge in [-0.05, 0) is 54.3 Å². The number of ether oxygens (including phenoxy) is 1. The highest BCUT2D eigenvalue weighted by Crippen LogP contribution is 2.42. The van der Waals surface area contributed by atoms with Crippen molar-refractivity contribution < 1.29 is 4.74 Å². The summed E-state index contributed by atoms with van der Waals surface area (Å²) in [5.74, 6) is 2.04. The highest BCUT2D eigenvalue weighted by molar-refractivity contribution is 7.99. The Morgan fingerprint density at radius 1 is 1.03 bits per heavy atom. The van der Waals surface area contributed by atoms with Crippen molar-refractivity contribution in [3.8, 4) is 5.75 Å². The first-order valence-corrected chi connectivity index (χ1v) is 12.4. The lowest BCUT2D eigenvalue weighted by Crippen LogP contribution is -2.48. The number of unbranched alkanes of at least 4 members (excludes halogenated alkanes) is 2. The van der Waals surface area contributed by atoms with E-state index in [1.807, 2.05) is 11.8 Å². The van der Waals surface area contributed by atoms with E-state index < -0.39 is 0 Å². The van der Waals surface area contributed by atoms with Crippen LogP contribution in [0.3, 0.4) is 0 Å². The lowest BCUT2D eigenvalue weighted by atomic mass is 9.86. The van der Waals surface area contributed by atoms with Crippen LogP contribution in [0.15, 0.2) is 47.4 Å². The van der Waals surface area contributed by atoms with E-state index in [1.54, 1.807) is 7.11 Å². The van der Waals surface area contributed by atoms with Crippen LogP contribution in [0.2, 0.25) is 0 Å². The molecule has 0 fully saturated rings. The number of methoxy groups -OCH3 is 1. The van der Waals surface area contributed by atoms with Crippen molar-refractivity contribution in [2.75, 3.05) is 31.9 Å². The summed E-state index contributed by atoms with van der Waals surface area (Å²) < 4.78 is 5.42. The number of hydrogen-bond acceptors (Lipinski definition) is 4. The summed E-state index contributed by atoms with van der Waals surface area (Å²) >= 11 is 2.04. The first-order valence-electron chi connectivity index (χ1n) is 11.4. The topological polar surface area (TPSA) is 24.5 Å². The summed E-state index contributed by atoms with van der Waals surface area (Å²) in [5, 5.41) is 4.20. The molecule has 1 atom stereocenters. The molecule has 1 heterocycles. The summed E-state index contributed by atoms with van der Waals surface area (Å²) in [6.07, 6.45) is 7.49. The van der Waals surface area contributed by atoms with Gasteiger partial charge < -0.3 is 9.64 Å². The molecule has 0 saturated carbocycles. The monoisotopic (exact) mass is 426 g/mol. The van der Waals surface area contributed by atoms with Crippen LogP contribution >= 0.6 is 11.8 Å². The van der Waals surface area contributed by atoms with Gasteiger partial charge in [0.25, 0.3) is 0 Å². The van der Waals surface area contributed by atoms with Gasteiger partial charge in [-0.25, -0.2) is 0 Å². The summed E-state index contributed by atoms with van der Waals surface area (Å²) in [5.41, 5.74) is 4.13. The maximum absolute atomic E-state index is 5.42. The van der Waals surface area contributed by atoms with Crippen molar-refractivity contribution >= 4 is 17.4 Å². The highest BCUT2D eigenvalue weighted by Gasteiger charge is 2.36. The number of nitrogens with zero attached hydrogens (tertiary/aromatic N) is 1. The van der Waals surface area contributed by atoms with Gasteiger partial charge >= 0.3 is 0 Å². The summed E-state index contributed by atoms with van der Waals surface area (Å²) in [4.78, 5) is 3.60. The van der Waals surface area contributed by atoms with Crippen LogP contribution in [-0.2, 0) is 0 Å². The third kappa shape index (κ3) is 5.33. The van der Waals surface area contributed by atoms with E-state index in [1.165, 1.54) is 60.2 Å². The average molecular weight is 427 g/mol. The third-order valence-electron chi connectivity index (χ3n) is 6.24. The Balaban J connectivity index is 2.06. The van der Waals surface area contributed by atoms with E-state index in [0.29, 0.717) is 0 Å². The first-order chi connectivity index (χ1) is 14.5. The van der Waals surface area contributed by atoms with E-state index >= 15 is 0 Å². The molecule has 0 saturated heterocycles. The van der Waals surface area contributed by atoms with Gasteiger partial charge in [0, 0.05) is 36.0 Å². The zero-order valence-electron chi connectivity index (χ0n) is 19.3. The first kappa shape index (κ1) is 23.0. The molecule has 1 unspecified atom stereocenters. The molecule has 0 amide bonds. The minimum absolute atomic E-state index is 0.165. The fourth-order valence-electron chi connectivity index (χ4n) is 4.32. The molecule has 164 valence electrons. The highest BCUT2D eigenvalue weighted by atomic mass is 32.2. The van der Waals surface area contributed by atoms with Crippen molar-refractivity contribution in [1.82, 2.24) is 5.32 Å². The SMILES string of the molecule is CCCCC1(CCCC)CSc2ccc(N(C)C)cc2C(c2ccc(OC)cc2)N1. The van der Waals surface area contributed by atoms with Crippen molar-refractivity contribution in [2.24, 2.45) is 0 Å². The molecule has 1 aliphatic heterocycles. The lowest BCUT2D eigenvalue weighted by molar-refractivity contribution is 0.281. The molecule has 3 nitrogen and oxygen atoms in total. The summed E-state index contributed by atoms with van der Waals surface area (Å²) in [6, 6.07) is 15.8. The largest absolute Gasteiger partial charge is 0.497 e. The van der Waals surface area contributed by atoms with Crippen LogP contribution in [0.5, 0.6) is 5.75 Å². The van der Waals surface area contributed by atoms with Crippen molar-refractivity contribution in [3.05, 3.63) is 53.6 Å². The van der Waals surface area contributed by atoms with Gasteiger partial charge in [-0.3, -0.25) is 5.32 Å². The van der Waals surface area contributed by atoms with Crippen LogP contribution in [-0.4, -0.2) is 32.5 Å². The fraction of sp³-hybridized carbons (Fsp3) is 0.538. The predicted molar refractivity (Wildman–Crippen MR) is 131 cm³/mol. The molecule has 1 N–H and O–H groups in total. The van der Waals surface area contributed by atoms with Crippen LogP contribution in [0.1, 0.15) is 69.5 Å². The molecule has 30 heavy (non-hydrogen) atoms. The molecule has 4 heteroatoms. The maximum atomic E-state index is 5.42. The number of hydrogen-bond donors (Lipinski definition) is 1. The molecular weight excluding hydrogens is 388 g/mol. The van der Waals surface area contributed by atoms with E-state index in [2.05, 4.69) is 80.6 Å². The number of fused-ring (bicyclic) bond motifs is 1. The Morgan fingerprint density at radius 2 is 1.70 bits per heavy atom. The Hall–Kier alpha value is -1.65. The quantitative estimate of drug-likeness (QED) is 0.484. The minimum atomic E-state index is 0.165. The van der Waals surface area contributed by atoms with E-state index in [-0.39, 0.29) is 11.6 Å². The molecule has 3 rings (SSSR count). The average Bonchev–Trinajstić information content (AvgIpc) is 2.93. The van der Waals surface area contributed by atoms with Crippen LogP contribution in [0.25, 0.3) is 0 Å². The Labute approximate surface area is 187 Å². The molecule has 0 aromatic heterocycles. The maximum Gasteiger partial charge on any atom is 0.118 e. The molecule has 0 spiro atoms. The zero-order chi connectivity index (χ0) is 21.6. The second-order valence-electron chi connectivity index (χ2n) is 8.74. The number of nitrogens with one attached hydrogen (secondary N) is 1. The zero-order valence-corrected chi connectivity index (χ0v) is 20.1. The second-order valence-corrected chi connectivity index (χ2v) is 9.76. The second kappa shape index (κ2) is 10.6. The molecule has 0 bridgehead atoms. The summed E-state index contributed by atoms with van der Waals surface area (Å²) in [6.45, 7) is 4.60. The van der Waals surface area contributed by atoms with Gasteiger partial charge in [0.2, 0.25) is 0 Å². The number of thioether (sulfide) groups is 1. The van der Waals surface area contributed by atoms with Gasteiger partial charge in [0.05, 0.1) is 13.2 Å². The molecule has 0 radical (unpaired) electrons. The van der Waals surface area contributed by atoms with Gasteiger partial charge in [0.1, 0.15) is 5.75 Å². The van der Waals surface area contributed by atoms with Crippen LogP contribution in [0.4, 0.5) is 5.69 Å². The number of rotatable bonds is 9. The molecule has 2 aromatic rings. The Bertz CT molecular complexity index is 795. The van der Waals surface area contributed by atoms with Gasteiger partial charge in [-0.15, -0.1) is 11.8 Å². The minimum Gasteiger partial charge on any atom is -0.497 e. The summed E-state index contributed by atoms with van der Waals surface area (Å²) in [7, 11) is 5.97. The lowest BCUT2D eigenvalue weighted by Gasteiger charge is -2.37. The van der Waals surface area contributed by atoms with E-state index in [0.717, 1.165) is 11.5 Å². The molecule has 1 aliphatic rings. The smallest absolute Gasteiger partial charge is 0.118 e.